The van der Waals surface area contributed by atoms with Gasteiger partial charge < -0.3 is 14.8 Å². The molecule has 0 saturated carbocycles. The van der Waals surface area contributed by atoms with Crippen LogP contribution in [0.25, 0.3) is 10.6 Å². The topological polar surface area (TPSA) is 43.4 Å². The summed E-state index contributed by atoms with van der Waals surface area (Å²) in [4.78, 5) is 4.32. The number of anilines is 1. The molecule has 1 N–H and O–H groups in total. The van der Waals surface area contributed by atoms with Crippen molar-refractivity contribution in [3.8, 4) is 10.6 Å². The number of hydrogen-bond donors (Lipinski definition) is 1. The van der Waals surface area contributed by atoms with Gasteiger partial charge in [-0.15, -0.1) is 11.3 Å². The Kier molecular flexibility index (Phi) is 4.90. The molecule has 1 aromatic carbocycles. The summed E-state index contributed by atoms with van der Waals surface area (Å²) in [6.07, 6.45) is 1.54. The first-order valence-corrected chi connectivity index (χ1v) is 6.94. The molecule has 2 aromatic rings. The smallest absolute Gasteiger partial charge is 0.176 e. The Morgan fingerprint density at radius 3 is 2.68 bits per heavy atom. The van der Waals surface area contributed by atoms with Crippen molar-refractivity contribution in [3.05, 3.63) is 35.8 Å². The van der Waals surface area contributed by atoms with Gasteiger partial charge in [-0.25, -0.2) is 4.98 Å². The van der Waals surface area contributed by atoms with Gasteiger partial charge >= 0.3 is 0 Å². The summed E-state index contributed by atoms with van der Waals surface area (Å²) in [6.45, 7) is 2.02. The van der Waals surface area contributed by atoms with Crippen LogP contribution < -0.4 is 5.32 Å². The predicted octanol–water partition coefficient (Wildman–Crippen LogP) is 3.23. The third kappa shape index (κ3) is 3.53. The zero-order valence-electron chi connectivity index (χ0n) is 11.3. The van der Waals surface area contributed by atoms with E-state index in [0.29, 0.717) is 0 Å². The Bertz CT molecular complexity index is 498. The van der Waals surface area contributed by atoms with Gasteiger partial charge in [0.15, 0.2) is 6.29 Å². The van der Waals surface area contributed by atoms with Crippen molar-refractivity contribution >= 4 is 17.0 Å². The lowest BCUT2D eigenvalue weighted by Gasteiger charge is -2.23. The van der Waals surface area contributed by atoms with Gasteiger partial charge in [-0.05, 0) is 19.1 Å². The number of methoxy groups -OCH3 is 2. The Labute approximate surface area is 117 Å². The average Bonchev–Trinajstić information content (AvgIpc) is 2.94. The molecule has 0 aliphatic carbocycles. The van der Waals surface area contributed by atoms with Crippen LogP contribution in [-0.4, -0.2) is 31.5 Å². The molecule has 1 unspecified atom stereocenters. The Hall–Kier alpha value is -1.43. The van der Waals surface area contributed by atoms with E-state index in [2.05, 4.69) is 22.4 Å². The van der Waals surface area contributed by atoms with Gasteiger partial charge in [-0.2, -0.15) is 0 Å². The number of hydrogen-bond acceptors (Lipinski definition) is 5. The minimum absolute atomic E-state index is 0.0570. The van der Waals surface area contributed by atoms with Crippen molar-refractivity contribution < 1.29 is 9.47 Å². The fourth-order valence-corrected chi connectivity index (χ4v) is 2.58. The molecule has 0 aliphatic heterocycles. The van der Waals surface area contributed by atoms with E-state index in [1.165, 1.54) is 0 Å². The molecule has 0 saturated heterocycles. The van der Waals surface area contributed by atoms with E-state index in [1.54, 1.807) is 25.6 Å². The third-order valence-corrected chi connectivity index (χ3v) is 3.63. The van der Waals surface area contributed by atoms with Crippen LogP contribution in [0.4, 0.5) is 5.69 Å². The monoisotopic (exact) mass is 278 g/mol. The first-order valence-electron chi connectivity index (χ1n) is 6.06. The van der Waals surface area contributed by atoms with E-state index in [9.17, 15) is 0 Å². The number of benzene rings is 1. The largest absolute Gasteiger partial charge is 0.377 e. The lowest BCUT2D eigenvalue weighted by Crippen LogP contribution is -2.33. The molecule has 0 aliphatic rings. The molecule has 19 heavy (non-hydrogen) atoms. The van der Waals surface area contributed by atoms with Crippen molar-refractivity contribution in [3.63, 3.8) is 0 Å². The van der Waals surface area contributed by atoms with Gasteiger partial charge in [0.25, 0.3) is 0 Å². The maximum atomic E-state index is 5.24. The van der Waals surface area contributed by atoms with Crippen LogP contribution >= 0.6 is 11.3 Å². The highest BCUT2D eigenvalue weighted by Gasteiger charge is 2.15. The molecule has 1 heterocycles. The molecule has 5 heteroatoms. The second-order valence-electron chi connectivity index (χ2n) is 4.19. The minimum atomic E-state index is -0.275. The normalized spacial score (nSPS) is 12.6. The van der Waals surface area contributed by atoms with Crippen LogP contribution in [0.15, 0.2) is 35.8 Å². The number of ether oxygens (including phenoxy) is 2. The van der Waals surface area contributed by atoms with Crippen LogP contribution in [0.1, 0.15) is 6.92 Å². The van der Waals surface area contributed by atoms with Crippen LogP contribution in [0.2, 0.25) is 0 Å². The van der Waals surface area contributed by atoms with Crippen molar-refractivity contribution in [2.45, 2.75) is 19.3 Å². The second-order valence-corrected chi connectivity index (χ2v) is 5.09. The number of rotatable bonds is 6. The number of thiazole rings is 1. The fraction of sp³-hybridized carbons (Fsp3) is 0.357. The molecule has 1 atom stereocenters. The molecule has 0 fully saturated rings. The van der Waals surface area contributed by atoms with E-state index >= 15 is 0 Å². The number of aromatic nitrogens is 1. The van der Waals surface area contributed by atoms with Crippen LogP contribution in [0.5, 0.6) is 0 Å². The first kappa shape index (κ1) is 14.0. The Morgan fingerprint density at radius 1 is 1.26 bits per heavy atom. The van der Waals surface area contributed by atoms with Gasteiger partial charge in [0.05, 0.1) is 6.04 Å². The summed E-state index contributed by atoms with van der Waals surface area (Å²) in [6, 6.07) is 8.23. The maximum Gasteiger partial charge on any atom is 0.176 e. The fourth-order valence-electron chi connectivity index (χ4n) is 1.94. The van der Waals surface area contributed by atoms with E-state index in [1.807, 2.05) is 30.6 Å². The highest BCUT2D eigenvalue weighted by Crippen LogP contribution is 2.24. The van der Waals surface area contributed by atoms with E-state index in [0.717, 1.165) is 16.3 Å². The van der Waals surface area contributed by atoms with Gasteiger partial charge in [-0.3, -0.25) is 0 Å². The number of nitrogens with zero attached hydrogens (tertiary/aromatic N) is 1. The van der Waals surface area contributed by atoms with Crippen molar-refractivity contribution in [2.24, 2.45) is 0 Å². The lowest BCUT2D eigenvalue weighted by atomic mass is 10.2. The highest BCUT2D eigenvalue weighted by atomic mass is 32.1. The molecular weight excluding hydrogens is 260 g/mol. The maximum absolute atomic E-state index is 5.24. The van der Waals surface area contributed by atoms with Gasteiger partial charge in [0.2, 0.25) is 0 Å². The van der Waals surface area contributed by atoms with E-state index in [-0.39, 0.29) is 12.3 Å². The zero-order chi connectivity index (χ0) is 13.7. The van der Waals surface area contributed by atoms with Gasteiger partial charge in [0, 0.05) is 37.0 Å². The first-order chi connectivity index (χ1) is 9.24. The SMILES string of the molecule is COC(OC)C(C)Nc1cccc(-c2nccs2)c1. The molecule has 2 rings (SSSR count). The molecule has 0 spiro atoms. The molecule has 4 nitrogen and oxygen atoms in total. The lowest BCUT2D eigenvalue weighted by molar-refractivity contribution is -0.109. The zero-order valence-corrected chi connectivity index (χ0v) is 12.1. The van der Waals surface area contributed by atoms with Crippen molar-refractivity contribution in [1.29, 1.82) is 0 Å². The molecule has 102 valence electrons. The standard InChI is InChI=1S/C14H18N2O2S/c1-10(14(17-2)18-3)16-12-6-4-5-11(9-12)13-15-7-8-19-13/h4-10,14,16H,1-3H3. The molecule has 0 amide bonds. The average molecular weight is 278 g/mol. The molecule has 1 aromatic heterocycles. The van der Waals surface area contributed by atoms with Crippen LogP contribution in [0, 0.1) is 0 Å². The summed E-state index contributed by atoms with van der Waals surface area (Å²) in [5.41, 5.74) is 2.14. The molecule has 0 bridgehead atoms. The summed E-state index contributed by atoms with van der Waals surface area (Å²) in [5, 5.41) is 6.37. The van der Waals surface area contributed by atoms with Crippen molar-refractivity contribution in [1.82, 2.24) is 4.98 Å². The highest BCUT2D eigenvalue weighted by molar-refractivity contribution is 7.13. The third-order valence-electron chi connectivity index (χ3n) is 2.81. The van der Waals surface area contributed by atoms with Gasteiger partial charge in [-0.1, -0.05) is 12.1 Å². The Morgan fingerprint density at radius 2 is 2.05 bits per heavy atom. The van der Waals surface area contributed by atoms with Crippen LogP contribution in [0.3, 0.4) is 0 Å². The minimum Gasteiger partial charge on any atom is -0.377 e. The number of nitrogens with one attached hydrogen (secondary N) is 1. The van der Waals surface area contributed by atoms with E-state index in [4.69, 9.17) is 9.47 Å². The molecule has 0 radical (unpaired) electrons. The molecular formula is C14H18N2O2S. The summed E-state index contributed by atoms with van der Waals surface area (Å²) >= 11 is 1.63. The van der Waals surface area contributed by atoms with Gasteiger partial charge in [0.1, 0.15) is 5.01 Å². The van der Waals surface area contributed by atoms with E-state index < -0.39 is 0 Å². The van der Waals surface area contributed by atoms with Crippen molar-refractivity contribution in [2.75, 3.05) is 19.5 Å². The summed E-state index contributed by atoms with van der Waals surface area (Å²) in [7, 11) is 3.27. The van der Waals surface area contributed by atoms with Crippen LogP contribution in [-0.2, 0) is 9.47 Å². The quantitative estimate of drug-likeness (QED) is 0.824. The summed E-state index contributed by atoms with van der Waals surface area (Å²) in [5.74, 6) is 0. The second kappa shape index (κ2) is 6.65. The Balaban J connectivity index is 2.11. The summed E-state index contributed by atoms with van der Waals surface area (Å²) < 4.78 is 10.5. The predicted molar refractivity (Wildman–Crippen MR) is 78.4 cm³/mol.